The van der Waals surface area contributed by atoms with E-state index in [1.54, 1.807) is 12.1 Å². The van der Waals surface area contributed by atoms with Gasteiger partial charge in [0.1, 0.15) is 0 Å². The quantitative estimate of drug-likeness (QED) is 0.891. The van der Waals surface area contributed by atoms with E-state index in [0.717, 1.165) is 6.42 Å². The predicted molar refractivity (Wildman–Crippen MR) is 85.7 cm³/mol. The van der Waals surface area contributed by atoms with Gasteiger partial charge in [0.05, 0.1) is 16.5 Å². The van der Waals surface area contributed by atoms with Crippen LogP contribution in [-0.4, -0.2) is 14.5 Å². The fourth-order valence-corrected chi connectivity index (χ4v) is 3.48. The molecule has 2 aromatic carbocycles. The van der Waals surface area contributed by atoms with Crippen LogP contribution in [0.1, 0.15) is 24.5 Å². The lowest BCUT2D eigenvalue weighted by molar-refractivity contribution is 0.547. The number of sulfonamides is 1. The smallest absolute Gasteiger partial charge is 0.208 e. The van der Waals surface area contributed by atoms with Crippen LogP contribution in [0.4, 0.5) is 0 Å². The van der Waals surface area contributed by atoms with Crippen LogP contribution >= 0.6 is 0 Å². The molecule has 0 saturated carbocycles. The number of nitriles is 1. The summed E-state index contributed by atoms with van der Waals surface area (Å²) in [7, 11) is -3.60. The van der Waals surface area contributed by atoms with Crippen molar-refractivity contribution in [2.24, 2.45) is 0 Å². The Kier molecular flexibility index (Phi) is 5.31. The maximum atomic E-state index is 12.3. The molecule has 0 aliphatic heterocycles. The highest BCUT2D eigenvalue weighted by atomic mass is 32.2. The first-order valence-corrected chi connectivity index (χ1v) is 8.56. The Morgan fingerprint density at radius 3 is 2.55 bits per heavy atom. The van der Waals surface area contributed by atoms with E-state index in [4.69, 9.17) is 5.26 Å². The lowest BCUT2D eigenvalue weighted by Gasteiger charge is -2.14. The molecule has 2 rings (SSSR count). The van der Waals surface area contributed by atoms with Gasteiger partial charge < -0.3 is 0 Å². The van der Waals surface area contributed by atoms with Crippen molar-refractivity contribution in [1.82, 2.24) is 4.72 Å². The van der Waals surface area contributed by atoms with Crippen molar-refractivity contribution in [1.29, 1.82) is 5.26 Å². The van der Waals surface area contributed by atoms with Gasteiger partial charge in [0.15, 0.2) is 0 Å². The molecular formula is C17H18N2O2S. The third-order valence-corrected chi connectivity index (χ3v) is 4.93. The summed E-state index contributed by atoms with van der Waals surface area (Å²) in [5.41, 5.74) is 1.51. The lowest BCUT2D eigenvalue weighted by Crippen LogP contribution is -2.33. The Balaban J connectivity index is 2.00. The highest BCUT2D eigenvalue weighted by molar-refractivity contribution is 7.89. The molecule has 0 fully saturated rings. The van der Waals surface area contributed by atoms with E-state index in [2.05, 4.69) is 4.72 Å². The summed E-state index contributed by atoms with van der Waals surface area (Å²) in [5, 5.41) is 8.85. The molecule has 2 aromatic rings. The van der Waals surface area contributed by atoms with Gasteiger partial charge in [0.25, 0.3) is 0 Å². The fourth-order valence-electron chi connectivity index (χ4n) is 2.15. The Morgan fingerprint density at radius 1 is 1.14 bits per heavy atom. The van der Waals surface area contributed by atoms with Gasteiger partial charge in [-0.15, -0.1) is 0 Å². The van der Waals surface area contributed by atoms with E-state index in [1.807, 2.05) is 43.3 Å². The fraction of sp³-hybridized carbons (Fsp3) is 0.235. The zero-order valence-corrected chi connectivity index (χ0v) is 13.2. The second-order valence-corrected chi connectivity index (χ2v) is 6.90. The standard InChI is InChI=1S/C17H18N2O2S/c1-14(10-11-15-6-3-2-4-7-15)19-22(20,21)17-9-5-8-16(12-17)13-18/h2-9,12,14,19H,10-11H2,1H3. The number of nitrogens with zero attached hydrogens (tertiary/aromatic N) is 1. The van der Waals surface area contributed by atoms with Crippen LogP contribution in [0.2, 0.25) is 0 Å². The lowest BCUT2D eigenvalue weighted by atomic mass is 10.1. The Bertz CT molecular complexity index is 765. The SMILES string of the molecule is CC(CCc1ccccc1)NS(=O)(=O)c1cccc(C#N)c1. The summed E-state index contributed by atoms with van der Waals surface area (Å²) in [6.07, 6.45) is 1.52. The van der Waals surface area contributed by atoms with Gasteiger partial charge >= 0.3 is 0 Å². The van der Waals surface area contributed by atoms with Crippen LogP contribution in [0.15, 0.2) is 59.5 Å². The minimum absolute atomic E-state index is 0.123. The minimum atomic E-state index is -3.60. The van der Waals surface area contributed by atoms with Gasteiger partial charge in [0.2, 0.25) is 10.0 Å². The van der Waals surface area contributed by atoms with Crippen LogP contribution in [-0.2, 0) is 16.4 Å². The zero-order chi connectivity index (χ0) is 16.0. The van der Waals surface area contributed by atoms with Gasteiger partial charge in [-0.1, -0.05) is 36.4 Å². The zero-order valence-electron chi connectivity index (χ0n) is 12.4. The number of rotatable bonds is 6. The second kappa shape index (κ2) is 7.21. The van der Waals surface area contributed by atoms with Crippen molar-refractivity contribution in [3.8, 4) is 6.07 Å². The third kappa shape index (κ3) is 4.42. The monoisotopic (exact) mass is 314 g/mol. The van der Waals surface area contributed by atoms with Gasteiger partial charge in [-0.2, -0.15) is 5.26 Å². The number of benzene rings is 2. The molecule has 0 saturated heterocycles. The number of hydrogen-bond donors (Lipinski definition) is 1. The highest BCUT2D eigenvalue weighted by Gasteiger charge is 2.17. The topological polar surface area (TPSA) is 70.0 Å². The summed E-state index contributed by atoms with van der Waals surface area (Å²) in [4.78, 5) is 0.123. The molecule has 1 unspecified atom stereocenters. The van der Waals surface area contributed by atoms with Gasteiger partial charge in [0, 0.05) is 6.04 Å². The van der Waals surface area contributed by atoms with E-state index < -0.39 is 10.0 Å². The molecule has 0 radical (unpaired) electrons. The molecule has 0 heterocycles. The molecule has 0 spiro atoms. The van der Waals surface area contributed by atoms with Crippen molar-refractivity contribution in [3.63, 3.8) is 0 Å². The normalized spacial score (nSPS) is 12.5. The summed E-state index contributed by atoms with van der Waals surface area (Å²) in [6, 6.07) is 17.7. The van der Waals surface area contributed by atoms with Crippen molar-refractivity contribution in [3.05, 3.63) is 65.7 Å². The van der Waals surface area contributed by atoms with Crippen LogP contribution < -0.4 is 4.72 Å². The molecular weight excluding hydrogens is 296 g/mol. The third-order valence-electron chi connectivity index (χ3n) is 3.34. The summed E-state index contributed by atoms with van der Waals surface area (Å²) >= 11 is 0. The van der Waals surface area contributed by atoms with Gasteiger partial charge in [-0.05, 0) is 43.5 Å². The first kappa shape index (κ1) is 16.2. The Labute approximate surface area is 131 Å². The highest BCUT2D eigenvalue weighted by Crippen LogP contribution is 2.13. The van der Waals surface area contributed by atoms with E-state index in [-0.39, 0.29) is 10.9 Å². The summed E-state index contributed by atoms with van der Waals surface area (Å²) < 4.78 is 27.3. The average Bonchev–Trinajstić information content (AvgIpc) is 2.53. The minimum Gasteiger partial charge on any atom is -0.208 e. The van der Waals surface area contributed by atoms with E-state index in [9.17, 15) is 8.42 Å². The van der Waals surface area contributed by atoms with E-state index in [0.29, 0.717) is 12.0 Å². The van der Waals surface area contributed by atoms with Gasteiger partial charge in [-0.25, -0.2) is 13.1 Å². The largest absolute Gasteiger partial charge is 0.240 e. The number of nitrogens with one attached hydrogen (secondary N) is 1. The van der Waals surface area contributed by atoms with Crippen LogP contribution in [0.5, 0.6) is 0 Å². The number of aryl methyl sites for hydroxylation is 1. The van der Waals surface area contributed by atoms with E-state index >= 15 is 0 Å². The maximum absolute atomic E-state index is 12.3. The average molecular weight is 314 g/mol. The van der Waals surface area contributed by atoms with Crippen molar-refractivity contribution in [2.45, 2.75) is 30.7 Å². The molecule has 1 atom stereocenters. The second-order valence-electron chi connectivity index (χ2n) is 5.19. The van der Waals surface area contributed by atoms with Crippen molar-refractivity contribution >= 4 is 10.0 Å². The van der Waals surface area contributed by atoms with Gasteiger partial charge in [-0.3, -0.25) is 0 Å². The molecule has 1 N–H and O–H groups in total. The molecule has 4 nitrogen and oxygen atoms in total. The Hall–Kier alpha value is -2.16. The first-order chi connectivity index (χ1) is 10.5. The first-order valence-electron chi connectivity index (χ1n) is 7.08. The predicted octanol–water partition coefficient (Wildman–Crippen LogP) is 2.86. The van der Waals surface area contributed by atoms with Crippen LogP contribution in [0.3, 0.4) is 0 Å². The Morgan fingerprint density at radius 2 is 1.86 bits per heavy atom. The summed E-state index contributed by atoms with van der Waals surface area (Å²) in [5.74, 6) is 0. The molecule has 0 aliphatic carbocycles. The summed E-state index contributed by atoms with van der Waals surface area (Å²) in [6.45, 7) is 1.84. The molecule has 0 bridgehead atoms. The molecule has 114 valence electrons. The van der Waals surface area contributed by atoms with Crippen molar-refractivity contribution < 1.29 is 8.42 Å². The molecule has 0 aromatic heterocycles. The van der Waals surface area contributed by atoms with Crippen molar-refractivity contribution in [2.75, 3.05) is 0 Å². The molecule has 22 heavy (non-hydrogen) atoms. The van der Waals surface area contributed by atoms with E-state index in [1.165, 1.54) is 17.7 Å². The molecule has 5 heteroatoms. The number of hydrogen-bond acceptors (Lipinski definition) is 3. The molecule has 0 aliphatic rings. The van der Waals surface area contributed by atoms with Crippen LogP contribution in [0.25, 0.3) is 0 Å². The molecule has 0 amide bonds. The van der Waals surface area contributed by atoms with Crippen LogP contribution in [0, 0.1) is 11.3 Å². The maximum Gasteiger partial charge on any atom is 0.240 e.